The molecule has 0 saturated carbocycles. The van der Waals surface area contributed by atoms with Crippen LogP contribution in [0.5, 0.6) is 0 Å². The molecule has 3 aromatic heterocycles. The summed E-state index contributed by atoms with van der Waals surface area (Å²) in [5.41, 5.74) is 5.64. The Morgan fingerprint density at radius 3 is 2.29 bits per heavy atom. The minimum Gasteiger partial charge on any atom is -0.363 e. The fourth-order valence-corrected chi connectivity index (χ4v) is 4.05. The number of hydrogen-bond donors (Lipinski definition) is 0. The fraction of sp³-hybridized carbons (Fsp3) is 0.500. The quantitative estimate of drug-likeness (QED) is 0.671. The molecule has 0 aliphatic heterocycles. The van der Waals surface area contributed by atoms with E-state index in [0.29, 0.717) is 17.3 Å². The summed E-state index contributed by atoms with van der Waals surface area (Å²) in [4.78, 5) is 20.1. The van der Waals surface area contributed by atoms with Crippen LogP contribution in [0.4, 0.5) is 5.82 Å². The topological polar surface area (TPSA) is 55.4 Å². The van der Waals surface area contributed by atoms with Crippen LogP contribution >= 0.6 is 0 Å². The SMILES string of the molecule is CCC(CC)c1cc(C)n2nc(-c3c(C)cc(N(C)C)nc3C)n(C)c(=O)c12. The van der Waals surface area contributed by atoms with Crippen LogP contribution in [-0.2, 0) is 7.05 Å². The Hall–Kier alpha value is -2.63. The molecule has 6 nitrogen and oxygen atoms in total. The first-order valence-corrected chi connectivity index (χ1v) is 9.96. The maximum atomic E-state index is 13.4. The minimum absolute atomic E-state index is 0.00418. The predicted octanol–water partition coefficient (Wildman–Crippen LogP) is 3.99. The lowest BCUT2D eigenvalue weighted by Crippen LogP contribution is -2.25. The second kappa shape index (κ2) is 7.41. The molecule has 0 atom stereocenters. The van der Waals surface area contributed by atoms with Gasteiger partial charge in [-0.2, -0.15) is 0 Å². The van der Waals surface area contributed by atoms with Gasteiger partial charge in [0.15, 0.2) is 5.82 Å². The second-order valence-electron chi connectivity index (χ2n) is 7.85. The molecule has 3 rings (SSSR count). The van der Waals surface area contributed by atoms with E-state index >= 15 is 0 Å². The molecule has 0 radical (unpaired) electrons. The van der Waals surface area contributed by atoms with Crippen LogP contribution in [0.2, 0.25) is 0 Å². The van der Waals surface area contributed by atoms with E-state index in [2.05, 4.69) is 19.9 Å². The van der Waals surface area contributed by atoms with E-state index < -0.39 is 0 Å². The average molecular weight is 382 g/mol. The van der Waals surface area contributed by atoms with Gasteiger partial charge in [-0.05, 0) is 62.8 Å². The maximum absolute atomic E-state index is 13.4. The lowest BCUT2D eigenvalue weighted by Gasteiger charge is -2.18. The Kier molecular flexibility index (Phi) is 5.33. The first-order chi connectivity index (χ1) is 13.2. The molecule has 0 saturated heterocycles. The lowest BCUT2D eigenvalue weighted by atomic mass is 9.95. The summed E-state index contributed by atoms with van der Waals surface area (Å²) >= 11 is 0. The van der Waals surface area contributed by atoms with Crippen molar-refractivity contribution in [1.82, 2.24) is 19.2 Å². The lowest BCUT2D eigenvalue weighted by molar-refractivity contribution is 0.644. The highest BCUT2D eigenvalue weighted by atomic mass is 16.1. The molecular formula is C22H31N5O. The minimum atomic E-state index is -0.00418. The molecule has 0 bridgehead atoms. The van der Waals surface area contributed by atoms with Crippen LogP contribution in [-0.4, -0.2) is 33.3 Å². The molecule has 0 fully saturated rings. The van der Waals surface area contributed by atoms with E-state index in [1.807, 2.05) is 57.4 Å². The van der Waals surface area contributed by atoms with Crippen molar-refractivity contribution >= 4 is 11.3 Å². The molecular weight excluding hydrogens is 350 g/mol. The van der Waals surface area contributed by atoms with Gasteiger partial charge in [0, 0.05) is 32.4 Å². The van der Waals surface area contributed by atoms with Crippen LogP contribution < -0.4 is 10.5 Å². The Bertz CT molecular complexity index is 1060. The van der Waals surface area contributed by atoms with Gasteiger partial charge in [0.1, 0.15) is 11.3 Å². The summed E-state index contributed by atoms with van der Waals surface area (Å²) in [5, 5.41) is 4.90. The number of rotatable bonds is 5. The molecule has 0 unspecified atom stereocenters. The van der Waals surface area contributed by atoms with E-state index in [0.717, 1.165) is 46.7 Å². The Labute approximate surface area is 166 Å². The predicted molar refractivity (Wildman–Crippen MR) is 116 cm³/mol. The van der Waals surface area contributed by atoms with Crippen LogP contribution in [0.25, 0.3) is 16.9 Å². The van der Waals surface area contributed by atoms with Crippen molar-refractivity contribution < 1.29 is 0 Å². The van der Waals surface area contributed by atoms with Gasteiger partial charge in [0.25, 0.3) is 5.56 Å². The average Bonchev–Trinajstić information content (AvgIpc) is 2.96. The summed E-state index contributed by atoms with van der Waals surface area (Å²) < 4.78 is 3.50. The zero-order valence-corrected chi connectivity index (χ0v) is 18.3. The van der Waals surface area contributed by atoms with Crippen LogP contribution in [0.1, 0.15) is 55.1 Å². The summed E-state index contributed by atoms with van der Waals surface area (Å²) in [6, 6.07) is 4.16. The van der Waals surface area contributed by atoms with Crippen LogP contribution in [0, 0.1) is 20.8 Å². The van der Waals surface area contributed by atoms with E-state index in [-0.39, 0.29) is 5.56 Å². The number of anilines is 1. The number of hydrogen-bond acceptors (Lipinski definition) is 4. The van der Waals surface area contributed by atoms with Crippen molar-refractivity contribution in [2.45, 2.75) is 53.4 Å². The van der Waals surface area contributed by atoms with E-state index in [9.17, 15) is 4.79 Å². The fourth-order valence-electron chi connectivity index (χ4n) is 4.05. The van der Waals surface area contributed by atoms with E-state index in [1.165, 1.54) is 0 Å². The number of nitrogens with zero attached hydrogens (tertiary/aromatic N) is 5. The molecule has 0 amide bonds. The summed E-state index contributed by atoms with van der Waals surface area (Å²) in [7, 11) is 5.76. The summed E-state index contributed by atoms with van der Waals surface area (Å²) in [6.45, 7) is 10.4. The number of fused-ring (bicyclic) bond motifs is 1. The van der Waals surface area contributed by atoms with Crippen LogP contribution in [0.3, 0.4) is 0 Å². The van der Waals surface area contributed by atoms with E-state index in [4.69, 9.17) is 10.1 Å². The Balaban J connectivity index is 2.33. The van der Waals surface area contributed by atoms with Crippen molar-refractivity contribution in [2.75, 3.05) is 19.0 Å². The second-order valence-corrected chi connectivity index (χ2v) is 7.85. The van der Waals surface area contributed by atoms with Crippen molar-refractivity contribution in [3.05, 3.63) is 45.0 Å². The number of pyridine rings is 1. The third-order valence-corrected chi connectivity index (χ3v) is 5.69. The molecule has 0 N–H and O–H groups in total. The van der Waals surface area contributed by atoms with Gasteiger partial charge in [-0.25, -0.2) is 9.50 Å². The first kappa shape index (κ1) is 20.1. The molecule has 28 heavy (non-hydrogen) atoms. The standard InChI is InChI=1S/C22H31N5O/c1-9-16(10-2)17-12-14(4)27-20(17)22(28)26(8)21(24-27)19-13(3)11-18(25(6)7)23-15(19)5/h11-12,16H,9-10H2,1-8H3. The maximum Gasteiger partial charge on any atom is 0.278 e. The van der Waals surface area contributed by atoms with Crippen molar-refractivity contribution in [1.29, 1.82) is 0 Å². The van der Waals surface area contributed by atoms with Crippen molar-refractivity contribution in [3.8, 4) is 11.4 Å². The highest BCUT2D eigenvalue weighted by molar-refractivity contribution is 5.67. The molecule has 0 aromatic carbocycles. The third-order valence-electron chi connectivity index (χ3n) is 5.69. The molecule has 0 aliphatic carbocycles. The summed E-state index contributed by atoms with van der Waals surface area (Å²) in [6.07, 6.45) is 2.02. The van der Waals surface area contributed by atoms with Crippen molar-refractivity contribution in [3.63, 3.8) is 0 Å². The zero-order chi connectivity index (χ0) is 20.7. The molecule has 6 heteroatoms. The molecule has 0 spiro atoms. The largest absolute Gasteiger partial charge is 0.363 e. The monoisotopic (exact) mass is 381 g/mol. The van der Waals surface area contributed by atoms with Gasteiger partial charge in [-0.3, -0.25) is 9.36 Å². The molecule has 3 heterocycles. The molecule has 150 valence electrons. The number of aryl methyl sites for hydroxylation is 3. The molecule has 3 aromatic rings. The van der Waals surface area contributed by atoms with Crippen molar-refractivity contribution in [2.24, 2.45) is 7.05 Å². The van der Waals surface area contributed by atoms with Gasteiger partial charge in [0.05, 0.1) is 5.69 Å². The normalized spacial score (nSPS) is 11.6. The number of aromatic nitrogens is 4. The first-order valence-electron chi connectivity index (χ1n) is 9.96. The molecule has 0 aliphatic rings. The van der Waals surface area contributed by atoms with Gasteiger partial charge in [-0.15, -0.1) is 5.10 Å². The Morgan fingerprint density at radius 2 is 1.75 bits per heavy atom. The highest BCUT2D eigenvalue weighted by Gasteiger charge is 2.22. The third kappa shape index (κ3) is 3.11. The summed E-state index contributed by atoms with van der Waals surface area (Å²) in [5.74, 6) is 1.92. The zero-order valence-electron chi connectivity index (χ0n) is 18.3. The smallest absolute Gasteiger partial charge is 0.278 e. The van der Waals surface area contributed by atoms with Gasteiger partial charge < -0.3 is 4.90 Å². The van der Waals surface area contributed by atoms with Gasteiger partial charge in [-0.1, -0.05) is 13.8 Å². The highest BCUT2D eigenvalue weighted by Crippen LogP contribution is 2.30. The van der Waals surface area contributed by atoms with Gasteiger partial charge >= 0.3 is 0 Å². The van der Waals surface area contributed by atoms with Crippen LogP contribution in [0.15, 0.2) is 16.9 Å². The van der Waals surface area contributed by atoms with E-state index in [1.54, 1.807) is 4.57 Å². The van der Waals surface area contributed by atoms with Gasteiger partial charge in [0.2, 0.25) is 0 Å². The Morgan fingerprint density at radius 1 is 1.11 bits per heavy atom.